The standard InChI is InChI=1S/C20H22N4O3S/c25-28(26)17-5-3-15(4-6-17)16-9-18-20(22-27-21-18)19(10-16)24-12-14(13-24)11-23-7-1-2-8-23/h3-6,9-10,14,28H,1-2,7-8,11-13H2. The van der Waals surface area contributed by atoms with E-state index in [0.717, 1.165) is 40.9 Å². The van der Waals surface area contributed by atoms with Crippen molar-refractivity contribution in [3.8, 4) is 11.1 Å². The van der Waals surface area contributed by atoms with Gasteiger partial charge in [0.25, 0.3) is 0 Å². The van der Waals surface area contributed by atoms with Crippen LogP contribution in [-0.2, 0) is 10.7 Å². The van der Waals surface area contributed by atoms with Crippen LogP contribution in [0.3, 0.4) is 0 Å². The molecule has 0 radical (unpaired) electrons. The van der Waals surface area contributed by atoms with Gasteiger partial charge in [-0.2, -0.15) is 0 Å². The van der Waals surface area contributed by atoms with E-state index in [0.29, 0.717) is 10.8 Å². The molecular weight excluding hydrogens is 376 g/mol. The Kier molecular flexibility index (Phi) is 4.52. The van der Waals surface area contributed by atoms with Crippen molar-refractivity contribution < 1.29 is 13.0 Å². The highest BCUT2D eigenvalue weighted by Gasteiger charge is 2.31. The van der Waals surface area contributed by atoms with Crippen LogP contribution in [0, 0.1) is 5.92 Å². The van der Waals surface area contributed by atoms with E-state index in [1.807, 2.05) is 18.2 Å². The van der Waals surface area contributed by atoms with E-state index in [-0.39, 0.29) is 0 Å². The summed E-state index contributed by atoms with van der Waals surface area (Å²) >= 11 is 0. The van der Waals surface area contributed by atoms with Crippen LogP contribution in [0.5, 0.6) is 0 Å². The third kappa shape index (κ3) is 3.27. The first kappa shape index (κ1) is 17.6. The smallest absolute Gasteiger partial charge is 0.168 e. The number of hydrogen-bond acceptors (Lipinski definition) is 7. The molecule has 5 rings (SSSR count). The molecule has 2 aromatic carbocycles. The maximum atomic E-state index is 11.1. The van der Waals surface area contributed by atoms with Crippen LogP contribution >= 0.6 is 0 Å². The van der Waals surface area contributed by atoms with Gasteiger partial charge in [0.15, 0.2) is 16.2 Å². The zero-order valence-corrected chi connectivity index (χ0v) is 16.3. The molecule has 3 heterocycles. The Morgan fingerprint density at radius 2 is 1.75 bits per heavy atom. The largest absolute Gasteiger partial charge is 0.369 e. The van der Waals surface area contributed by atoms with E-state index in [4.69, 9.17) is 4.63 Å². The van der Waals surface area contributed by atoms with Gasteiger partial charge in [0.2, 0.25) is 0 Å². The fourth-order valence-electron chi connectivity index (χ4n) is 4.27. The molecule has 8 heteroatoms. The Hall–Kier alpha value is -2.45. The molecule has 2 aliphatic heterocycles. The molecule has 2 saturated heterocycles. The lowest BCUT2D eigenvalue weighted by Crippen LogP contribution is -2.51. The first-order valence-corrected chi connectivity index (χ1v) is 10.8. The molecule has 0 aliphatic carbocycles. The predicted octanol–water partition coefficient (Wildman–Crippen LogP) is 2.39. The minimum atomic E-state index is -2.57. The minimum Gasteiger partial charge on any atom is -0.369 e. The molecule has 3 aromatic rings. The van der Waals surface area contributed by atoms with Gasteiger partial charge in [-0.1, -0.05) is 12.1 Å². The molecule has 1 aromatic heterocycles. The predicted molar refractivity (Wildman–Crippen MR) is 107 cm³/mol. The van der Waals surface area contributed by atoms with Gasteiger partial charge in [0.05, 0.1) is 10.6 Å². The van der Waals surface area contributed by atoms with Crippen molar-refractivity contribution in [2.75, 3.05) is 37.6 Å². The average molecular weight is 398 g/mol. The van der Waals surface area contributed by atoms with Gasteiger partial charge in [-0.25, -0.2) is 13.0 Å². The Morgan fingerprint density at radius 3 is 2.46 bits per heavy atom. The fraction of sp³-hybridized carbons (Fsp3) is 0.400. The van der Waals surface area contributed by atoms with Crippen molar-refractivity contribution in [1.29, 1.82) is 0 Å². The molecule has 146 valence electrons. The zero-order valence-electron chi connectivity index (χ0n) is 15.5. The number of aromatic nitrogens is 2. The number of rotatable bonds is 5. The number of likely N-dealkylation sites (tertiary alicyclic amines) is 1. The SMILES string of the molecule is O=[SH](=O)c1ccc(-c2cc(N3CC(CN4CCCC4)C3)c3nonc3c2)cc1. The molecule has 2 aliphatic rings. The summed E-state index contributed by atoms with van der Waals surface area (Å²) in [5.41, 5.74) is 4.46. The normalized spacial score (nSPS) is 18.2. The quantitative estimate of drug-likeness (QED) is 0.661. The Balaban J connectivity index is 1.40. The summed E-state index contributed by atoms with van der Waals surface area (Å²) in [6.45, 7) is 5.66. The first-order chi connectivity index (χ1) is 13.7. The number of fused-ring (bicyclic) bond motifs is 1. The van der Waals surface area contributed by atoms with Crippen LogP contribution in [0.25, 0.3) is 22.2 Å². The molecule has 0 N–H and O–H groups in total. The van der Waals surface area contributed by atoms with Crippen LogP contribution in [-0.4, -0.2) is 56.4 Å². The number of nitrogens with zero attached hydrogens (tertiary/aromatic N) is 4. The molecular formula is C20H22N4O3S. The van der Waals surface area contributed by atoms with E-state index < -0.39 is 10.7 Å². The second-order valence-electron chi connectivity index (χ2n) is 7.71. The van der Waals surface area contributed by atoms with Gasteiger partial charge in [-0.15, -0.1) is 0 Å². The summed E-state index contributed by atoms with van der Waals surface area (Å²) in [5, 5.41) is 8.14. The Bertz CT molecular complexity index is 1060. The summed E-state index contributed by atoms with van der Waals surface area (Å²) in [4.78, 5) is 5.21. The van der Waals surface area contributed by atoms with E-state index in [1.54, 1.807) is 12.1 Å². The third-order valence-corrected chi connectivity index (χ3v) is 6.49. The lowest BCUT2D eigenvalue weighted by molar-refractivity contribution is 0.247. The lowest BCUT2D eigenvalue weighted by atomic mass is 9.96. The summed E-state index contributed by atoms with van der Waals surface area (Å²) < 4.78 is 27.2. The molecule has 28 heavy (non-hydrogen) atoms. The number of hydrogen-bond donors (Lipinski definition) is 1. The van der Waals surface area contributed by atoms with Gasteiger partial charge in [-0.3, -0.25) is 0 Å². The molecule has 0 unspecified atom stereocenters. The molecule has 0 amide bonds. The topological polar surface area (TPSA) is 79.5 Å². The van der Waals surface area contributed by atoms with Crippen LogP contribution in [0.4, 0.5) is 5.69 Å². The fourth-order valence-corrected chi connectivity index (χ4v) is 4.66. The molecule has 0 bridgehead atoms. The van der Waals surface area contributed by atoms with Crippen molar-refractivity contribution in [2.45, 2.75) is 17.7 Å². The molecule has 0 spiro atoms. The number of anilines is 1. The third-order valence-electron chi connectivity index (χ3n) is 5.77. The van der Waals surface area contributed by atoms with Crippen molar-refractivity contribution in [3.63, 3.8) is 0 Å². The molecule has 7 nitrogen and oxygen atoms in total. The van der Waals surface area contributed by atoms with Crippen molar-refractivity contribution in [2.24, 2.45) is 5.92 Å². The van der Waals surface area contributed by atoms with E-state index in [9.17, 15) is 8.42 Å². The van der Waals surface area contributed by atoms with Crippen LogP contribution in [0.1, 0.15) is 12.8 Å². The second kappa shape index (κ2) is 7.18. The van der Waals surface area contributed by atoms with Gasteiger partial charge >= 0.3 is 0 Å². The van der Waals surface area contributed by atoms with E-state index in [1.165, 1.54) is 32.5 Å². The number of benzene rings is 2. The van der Waals surface area contributed by atoms with Crippen LogP contribution in [0.2, 0.25) is 0 Å². The van der Waals surface area contributed by atoms with E-state index in [2.05, 4.69) is 26.2 Å². The second-order valence-corrected chi connectivity index (χ2v) is 8.74. The minimum absolute atomic E-state index is 0.315. The summed E-state index contributed by atoms with van der Waals surface area (Å²) in [6, 6.07) is 10.9. The lowest BCUT2D eigenvalue weighted by Gasteiger charge is -2.42. The average Bonchev–Trinajstić information content (AvgIpc) is 3.35. The summed E-state index contributed by atoms with van der Waals surface area (Å²) in [7, 11) is -2.57. The Labute approximate surface area is 164 Å². The monoisotopic (exact) mass is 398 g/mol. The van der Waals surface area contributed by atoms with Crippen molar-refractivity contribution >= 4 is 27.4 Å². The maximum absolute atomic E-state index is 11.1. The molecule has 2 fully saturated rings. The van der Waals surface area contributed by atoms with Gasteiger partial charge < -0.3 is 9.80 Å². The van der Waals surface area contributed by atoms with E-state index >= 15 is 0 Å². The molecule has 0 saturated carbocycles. The maximum Gasteiger partial charge on any atom is 0.168 e. The highest BCUT2D eigenvalue weighted by molar-refractivity contribution is 7.72. The highest BCUT2D eigenvalue weighted by atomic mass is 32.2. The summed E-state index contributed by atoms with van der Waals surface area (Å²) in [6.07, 6.45) is 2.65. The van der Waals surface area contributed by atoms with Crippen molar-refractivity contribution in [3.05, 3.63) is 36.4 Å². The van der Waals surface area contributed by atoms with Gasteiger partial charge in [-0.05, 0) is 71.6 Å². The highest BCUT2D eigenvalue weighted by Crippen LogP contribution is 2.35. The summed E-state index contributed by atoms with van der Waals surface area (Å²) in [5.74, 6) is 0.685. The van der Waals surface area contributed by atoms with Crippen molar-refractivity contribution in [1.82, 2.24) is 15.2 Å². The van der Waals surface area contributed by atoms with Crippen LogP contribution < -0.4 is 4.90 Å². The van der Waals surface area contributed by atoms with Gasteiger partial charge in [0.1, 0.15) is 5.52 Å². The zero-order chi connectivity index (χ0) is 19.1. The van der Waals surface area contributed by atoms with Gasteiger partial charge in [0, 0.05) is 25.6 Å². The van der Waals surface area contributed by atoms with Crippen LogP contribution in [0.15, 0.2) is 45.9 Å². The Morgan fingerprint density at radius 1 is 1.00 bits per heavy atom. The number of thiol groups is 1. The first-order valence-electron chi connectivity index (χ1n) is 9.66. The molecule has 0 atom stereocenters.